The van der Waals surface area contributed by atoms with E-state index in [0.717, 1.165) is 33.8 Å². The van der Waals surface area contributed by atoms with Gasteiger partial charge in [-0.1, -0.05) is 17.7 Å². The summed E-state index contributed by atoms with van der Waals surface area (Å²) in [6.45, 7) is 2.88. The third-order valence-corrected chi connectivity index (χ3v) is 4.31. The van der Waals surface area contributed by atoms with E-state index in [0.29, 0.717) is 0 Å². The number of aromatic nitrogens is 3. The minimum Gasteiger partial charge on any atom is -0.313 e. The Bertz CT molecular complexity index is 555. The van der Waals surface area contributed by atoms with Gasteiger partial charge in [-0.05, 0) is 47.6 Å². The van der Waals surface area contributed by atoms with Crippen LogP contribution in [-0.2, 0) is 13.0 Å². The van der Waals surface area contributed by atoms with Gasteiger partial charge in [-0.3, -0.25) is 4.68 Å². The van der Waals surface area contributed by atoms with Crippen molar-refractivity contribution < 1.29 is 0 Å². The summed E-state index contributed by atoms with van der Waals surface area (Å²) >= 11 is 9.55. The summed E-state index contributed by atoms with van der Waals surface area (Å²) in [4.78, 5) is 4.31. The third kappa shape index (κ3) is 3.35. The van der Waals surface area contributed by atoms with Crippen molar-refractivity contribution in [2.24, 2.45) is 0 Å². The summed E-state index contributed by atoms with van der Waals surface area (Å²) in [6, 6.07) is 6.16. The van der Waals surface area contributed by atoms with Gasteiger partial charge in [-0.15, -0.1) is 0 Å². The molecule has 1 atom stereocenters. The van der Waals surface area contributed by atoms with E-state index >= 15 is 0 Å². The van der Waals surface area contributed by atoms with Crippen molar-refractivity contribution in [3.63, 3.8) is 0 Å². The molecule has 0 aliphatic heterocycles. The van der Waals surface area contributed by atoms with Gasteiger partial charge < -0.3 is 5.32 Å². The van der Waals surface area contributed by atoms with E-state index in [4.69, 9.17) is 11.6 Å². The number of nitrogens with one attached hydrogen (secondary N) is 1. The van der Waals surface area contributed by atoms with Crippen LogP contribution in [-0.4, -0.2) is 21.8 Å². The van der Waals surface area contributed by atoms with Crippen LogP contribution in [0.4, 0.5) is 0 Å². The van der Waals surface area contributed by atoms with Crippen molar-refractivity contribution in [2.45, 2.75) is 25.9 Å². The lowest BCUT2D eigenvalue weighted by atomic mass is 10.0. The Morgan fingerprint density at radius 2 is 2.26 bits per heavy atom. The van der Waals surface area contributed by atoms with Crippen LogP contribution >= 0.6 is 27.5 Å². The molecule has 0 bridgehead atoms. The van der Waals surface area contributed by atoms with Gasteiger partial charge in [0.2, 0.25) is 0 Å². The van der Waals surface area contributed by atoms with E-state index in [1.165, 1.54) is 0 Å². The molecule has 0 fully saturated rings. The molecule has 2 rings (SSSR count). The number of nitrogens with zero attached hydrogens (tertiary/aromatic N) is 3. The zero-order valence-corrected chi connectivity index (χ0v) is 13.2. The van der Waals surface area contributed by atoms with Gasteiger partial charge in [0.05, 0.1) is 5.02 Å². The monoisotopic (exact) mass is 342 g/mol. The van der Waals surface area contributed by atoms with Crippen molar-refractivity contribution in [3.05, 3.63) is 45.4 Å². The molecule has 0 spiro atoms. The average Bonchev–Trinajstić information content (AvgIpc) is 2.86. The molecule has 19 heavy (non-hydrogen) atoms. The zero-order valence-electron chi connectivity index (χ0n) is 10.9. The second-order valence-electron chi connectivity index (χ2n) is 4.21. The van der Waals surface area contributed by atoms with Gasteiger partial charge in [0.25, 0.3) is 0 Å². The Labute approximate surface area is 126 Å². The number of likely N-dealkylation sites (N-methyl/N-ethyl adjacent to an activating group) is 1. The van der Waals surface area contributed by atoms with Crippen molar-refractivity contribution in [2.75, 3.05) is 7.05 Å². The second kappa shape index (κ2) is 6.50. The van der Waals surface area contributed by atoms with Crippen LogP contribution in [0, 0.1) is 0 Å². The summed E-state index contributed by atoms with van der Waals surface area (Å²) in [5.41, 5.74) is 1.14. The summed E-state index contributed by atoms with van der Waals surface area (Å²) in [6.07, 6.45) is 2.38. The molecule has 102 valence electrons. The predicted octanol–water partition coefficient (Wildman–Crippen LogP) is 3.22. The van der Waals surface area contributed by atoms with E-state index in [1.54, 1.807) is 6.33 Å². The minimum atomic E-state index is 0.167. The third-order valence-electron chi connectivity index (χ3n) is 3.08. The maximum Gasteiger partial charge on any atom is 0.138 e. The summed E-state index contributed by atoms with van der Waals surface area (Å²) in [7, 11) is 1.94. The standard InChI is InChI=1S/C13H16BrClN4/c1-3-19-13(17-8-18-19)7-12(16-2)9-4-5-10(14)11(15)6-9/h4-6,8,12,16H,3,7H2,1-2H3. The van der Waals surface area contributed by atoms with Crippen LogP contribution in [0.25, 0.3) is 0 Å². The van der Waals surface area contributed by atoms with Gasteiger partial charge in [-0.2, -0.15) is 5.10 Å². The Kier molecular flexibility index (Phi) is 4.96. The summed E-state index contributed by atoms with van der Waals surface area (Å²) < 4.78 is 2.81. The van der Waals surface area contributed by atoms with Crippen LogP contribution in [0.2, 0.25) is 5.02 Å². The summed E-state index contributed by atoms with van der Waals surface area (Å²) in [5.74, 6) is 0.973. The molecule has 1 aromatic carbocycles. The lowest BCUT2D eigenvalue weighted by molar-refractivity contribution is 0.533. The number of benzene rings is 1. The van der Waals surface area contributed by atoms with Crippen molar-refractivity contribution in [3.8, 4) is 0 Å². The molecule has 4 nitrogen and oxygen atoms in total. The maximum absolute atomic E-state index is 6.15. The van der Waals surface area contributed by atoms with E-state index in [-0.39, 0.29) is 6.04 Å². The van der Waals surface area contributed by atoms with Crippen molar-refractivity contribution >= 4 is 27.5 Å². The quantitative estimate of drug-likeness (QED) is 0.906. The lowest BCUT2D eigenvalue weighted by Crippen LogP contribution is -2.21. The lowest BCUT2D eigenvalue weighted by Gasteiger charge is -2.17. The molecule has 6 heteroatoms. The molecule has 1 unspecified atom stereocenters. The number of hydrogen-bond donors (Lipinski definition) is 1. The molecule has 0 amide bonds. The van der Waals surface area contributed by atoms with Gasteiger partial charge in [-0.25, -0.2) is 4.98 Å². The largest absolute Gasteiger partial charge is 0.313 e. The zero-order chi connectivity index (χ0) is 13.8. The maximum atomic E-state index is 6.15. The fourth-order valence-corrected chi connectivity index (χ4v) is 2.44. The number of rotatable bonds is 5. The van der Waals surface area contributed by atoms with Crippen LogP contribution in [0.15, 0.2) is 29.0 Å². The molecule has 1 aromatic heterocycles. The van der Waals surface area contributed by atoms with Crippen molar-refractivity contribution in [1.82, 2.24) is 20.1 Å². The fourth-order valence-electron chi connectivity index (χ4n) is 2.01. The number of aryl methyl sites for hydroxylation is 1. The van der Waals surface area contributed by atoms with Gasteiger partial charge in [0.1, 0.15) is 12.2 Å². The van der Waals surface area contributed by atoms with Crippen LogP contribution in [0.5, 0.6) is 0 Å². The molecule has 1 heterocycles. The van der Waals surface area contributed by atoms with E-state index in [1.807, 2.05) is 23.9 Å². The molecule has 2 aromatic rings. The summed E-state index contributed by atoms with van der Waals surface area (Å²) in [5, 5.41) is 8.21. The van der Waals surface area contributed by atoms with Crippen LogP contribution in [0.3, 0.4) is 0 Å². The number of halogens is 2. The highest BCUT2D eigenvalue weighted by molar-refractivity contribution is 9.10. The molecular formula is C13H16BrClN4. The fraction of sp³-hybridized carbons (Fsp3) is 0.385. The Morgan fingerprint density at radius 3 is 2.89 bits per heavy atom. The predicted molar refractivity (Wildman–Crippen MR) is 80.4 cm³/mol. The SMILES string of the molecule is CCn1ncnc1CC(NC)c1ccc(Br)c(Cl)c1. The topological polar surface area (TPSA) is 42.7 Å². The average molecular weight is 344 g/mol. The first kappa shape index (κ1) is 14.5. The Balaban J connectivity index is 2.22. The van der Waals surface area contributed by atoms with Gasteiger partial charge >= 0.3 is 0 Å². The Hall–Kier alpha value is -0.910. The minimum absolute atomic E-state index is 0.167. The molecule has 0 aliphatic carbocycles. The second-order valence-corrected chi connectivity index (χ2v) is 5.47. The first-order valence-corrected chi connectivity index (χ1v) is 7.31. The molecule has 0 saturated carbocycles. The molecule has 0 radical (unpaired) electrons. The van der Waals surface area contributed by atoms with Crippen LogP contribution in [0.1, 0.15) is 24.4 Å². The Morgan fingerprint density at radius 1 is 1.47 bits per heavy atom. The normalized spacial score (nSPS) is 12.6. The first-order chi connectivity index (χ1) is 9.15. The van der Waals surface area contributed by atoms with Gasteiger partial charge in [0, 0.05) is 23.5 Å². The molecular weight excluding hydrogens is 328 g/mol. The van der Waals surface area contributed by atoms with Gasteiger partial charge in [0.15, 0.2) is 0 Å². The highest BCUT2D eigenvalue weighted by atomic mass is 79.9. The highest BCUT2D eigenvalue weighted by Crippen LogP contribution is 2.27. The molecule has 0 aliphatic rings. The molecule has 0 saturated heterocycles. The van der Waals surface area contributed by atoms with Crippen LogP contribution < -0.4 is 5.32 Å². The smallest absolute Gasteiger partial charge is 0.138 e. The first-order valence-electron chi connectivity index (χ1n) is 6.14. The number of hydrogen-bond acceptors (Lipinski definition) is 3. The molecule has 1 N–H and O–H groups in total. The van der Waals surface area contributed by atoms with E-state index in [9.17, 15) is 0 Å². The van der Waals surface area contributed by atoms with Crippen molar-refractivity contribution in [1.29, 1.82) is 0 Å². The highest BCUT2D eigenvalue weighted by Gasteiger charge is 2.14. The van der Waals surface area contributed by atoms with E-state index < -0.39 is 0 Å². The van der Waals surface area contributed by atoms with E-state index in [2.05, 4.69) is 44.3 Å².